The number of nitrogens with one attached hydrogen (secondary N) is 4. The molecule has 294 valence electrons. The third-order valence-corrected chi connectivity index (χ3v) is 8.97. The molecule has 2 unspecified atom stereocenters. The molecule has 1 saturated heterocycles. The van der Waals surface area contributed by atoms with E-state index in [0.29, 0.717) is 71.6 Å². The molecule has 0 aromatic heterocycles. The molecule has 4 amide bonds. The molecule has 0 bridgehead atoms. The third kappa shape index (κ3) is 18.4. The van der Waals surface area contributed by atoms with Crippen molar-refractivity contribution in [3.05, 3.63) is 36.4 Å². The predicted octanol–water partition coefficient (Wildman–Crippen LogP) is -0.295. The molecule has 1 aliphatic heterocycles. The third-order valence-electron chi connectivity index (χ3n) is 8.97. The number of amides is 4. The average Bonchev–Trinajstić information content (AvgIpc) is 3.09. The minimum absolute atomic E-state index is 0.0583. The van der Waals surface area contributed by atoms with Crippen molar-refractivity contribution in [1.29, 1.82) is 0 Å². The van der Waals surface area contributed by atoms with Crippen molar-refractivity contribution < 1.29 is 34.1 Å². The minimum atomic E-state index is -1.49. The van der Waals surface area contributed by atoms with E-state index in [0.717, 1.165) is 36.5 Å². The van der Waals surface area contributed by atoms with Crippen LogP contribution >= 0.6 is 0 Å². The molecule has 6 N–H and O–H groups in total. The van der Waals surface area contributed by atoms with E-state index in [4.69, 9.17) is 11.8 Å². The second-order valence-electron chi connectivity index (χ2n) is 13.4. The van der Waals surface area contributed by atoms with Crippen molar-refractivity contribution in [2.75, 3.05) is 91.7 Å². The van der Waals surface area contributed by atoms with Crippen LogP contribution in [0, 0.1) is 20.9 Å². The first-order valence-electron chi connectivity index (χ1n) is 18.7. The Morgan fingerprint density at radius 2 is 1.31 bits per heavy atom. The predicted molar refractivity (Wildman–Crippen MR) is 200 cm³/mol. The molecular weight excluding hydrogens is 668 g/mol. The van der Waals surface area contributed by atoms with Crippen LogP contribution in [0.4, 0.5) is 0 Å². The Hall–Kier alpha value is -3.34. The summed E-state index contributed by atoms with van der Waals surface area (Å²) in [4.78, 5) is 59.4. The summed E-state index contributed by atoms with van der Waals surface area (Å²) in [5, 5.41) is 30.3. The smallest absolute Gasteiger partial charge is 0.243 e. The number of aryl methyl sites for hydroxylation is 2. The van der Waals surface area contributed by atoms with Crippen LogP contribution in [-0.4, -0.2) is 164 Å². The number of nitrogens with zero attached hydrogens (tertiary/aromatic N) is 4. The van der Waals surface area contributed by atoms with Crippen LogP contribution in [-0.2, 0) is 19.2 Å². The van der Waals surface area contributed by atoms with E-state index in [2.05, 4.69) is 39.2 Å². The maximum absolute atomic E-state index is 13.2. The van der Waals surface area contributed by atoms with Crippen molar-refractivity contribution in [3.63, 3.8) is 0 Å². The Morgan fingerprint density at radius 1 is 0.750 bits per heavy atom. The molecule has 2 radical (unpaired) electrons. The number of rotatable bonds is 19. The highest BCUT2D eigenvalue weighted by Gasteiger charge is 2.26. The lowest BCUT2D eigenvalue weighted by atomic mass is 10.1. The van der Waals surface area contributed by atoms with Crippen LogP contribution in [0.3, 0.4) is 0 Å². The lowest BCUT2D eigenvalue weighted by Gasteiger charge is -2.33. The number of β-amino-alcohol motifs (C(OH)–C–C–N with tert-alkyl or cyclic N) is 2. The summed E-state index contributed by atoms with van der Waals surface area (Å²) in [6.07, 6.45) is 0.0460. The molecule has 1 aromatic rings. The van der Waals surface area contributed by atoms with Crippen molar-refractivity contribution in [1.82, 2.24) is 40.9 Å². The van der Waals surface area contributed by atoms with Gasteiger partial charge in [0.25, 0.3) is 0 Å². The number of hydrogen-bond acceptors (Lipinski definition) is 11. The van der Waals surface area contributed by atoms with E-state index in [-0.39, 0.29) is 43.9 Å². The van der Waals surface area contributed by atoms with E-state index in [1.54, 1.807) is 18.7 Å². The van der Waals surface area contributed by atoms with Gasteiger partial charge < -0.3 is 41.1 Å². The van der Waals surface area contributed by atoms with Crippen molar-refractivity contribution in [2.24, 2.45) is 0 Å². The van der Waals surface area contributed by atoms with Crippen LogP contribution in [0.2, 0.25) is 0 Å². The van der Waals surface area contributed by atoms with Gasteiger partial charge in [-0.25, -0.2) is 0 Å². The van der Waals surface area contributed by atoms with E-state index in [1.165, 1.54) is 0 Å². The number of aliphatic hydroxyl groups is 2. The Balaban J connectivity index is 1.80. The quantitative estimate of drug-likeness (QED) is 0.0814. The van der Waals surface area contributed by atoms with Gasteiger partial charge in [0, 0.05) is 85.5 Å². The lowest BCUT2D eigenvalue weighted by Crippen LogP contribution is -2.55. The van der Waals surface area contributed by atoms with Gasteiger partial charge in [-0.2, -0.15) is 0 Å². The molecule has 1 aromatic carbocycles. The molecule has 0 aliphatic carbocycles. The first-order chi connectivity index (χ1) is 24.8. The van der Waals surface area contributed by atoms with Crippen molar-refractivity contribution in [2.45, 2.75) is 78.7 Å². The molecule has 15 heteroatoms. The summed E-state index contributed by atoms with van der Waals surface area (Å²) in [6, 6.07) is 4.36. The fourth-order valence-corrected chi connectivity index (χ4v) is 5.90. The lowest BCUT2D eigenvalue weighted by molar-refractivity contribution is -0.132. The molecule has 15 nitrogen and oxygen atoms in total. The number of hydrogen-bond donors (Lipinski definition) is 6. The van der Waals surface area contributed by atoms with E-state index in [9.17, 15) is 29.4 Å². The van der Waals surface area contributed by atoms with Gasteiger partial charge in [0.1, 0.15) is 17.8 Å². The van der Waals surface area contributed by atoms with Gasteiger partial charge in [-0.15, -0.1) is 0 Å². The largest absolute Gasteiger partial charge is 0.494 e. The first kappa shape index (κ1) is 44.8. The highest BCUT2D eigenvalue weighted by Crippen LogP contribution is 2.16. The zero-order valence-electron chi connectivity index (χ0n) is 32.0. The Labute approximate surface area is 310 Å². The molecular formula is C37H64N8O7. The summed E-state index contributed by atoms with van der Waals surface area (Å²) >= 11 is 0. The zero-order chi connectivity index (χ0) is 38.5. The number of aliphatic hydroxyl groups excluding tert-OH is 1. The molecule has 2 atom stereocenters. The van der Waals surface area contributed by atoms with Gasteiger partial charge in [-0.05, 0) is 62.9 Å². The molecule has 1 fully saturated rings. The fourth-order valence-electron chi connectivity index (χ4n) is 5.90. The van der Waals surface area contributed by atoms with Crippen LogP contribution in [0.1, 0.15) is 57.6 Å². The summed E-state index contributed by atoms with van der Waals surface area (Å²) in [5.41, 5.74) is 2.24. The molecule has 0 saturated carbocycles. The fraction of sp³-hybridized carbons (Fsp3) is 0.703. The van der Waals surface area contributed by atoms with Crippen molar-refractivity contribution >= 4 is 23.6 Å². The highest BCUT2D eigenvalue weighted by atomic mass is 16.5. The standard InChI is InChI=1S/C37H64N8O7/c1-7-31(36(50)39-13-12-38-33(46)11-10-22-52-30-24-28(4)23-29(5)25-30)41-37(51)32(8-2)40-34(47)26-44-19-18-43(9-3)16-14-42(6)15-17-45(21-20-44)27-35(48)49/h6,23-25,31-32,35,48-49H,7-22,26-27H2,1-5H3,(H,38,46)(H,39,50)(H,40,47)(H,41,51). The second-order valence-corrected chi connectivity index (χ2v) is 13.4. The van der Waals surface area contributed by atoms with Gasteiger partial charge in [0.2, 0.25) is 23.6 Å². The van der Waals surface area contributed by atoms with E-state index < -0.39 is 24.3 Å². The normalized spacial score (nSPS) is 17.0. The number of carbonyl (C=O) groups is 4. The Bertz CT molecular complexity index is 1220. The second kappa shape index (κ2) is 24.8. The van der Waals surface area contributed by atoms with Crippen LogP contribution < -0.4 is 26.0 Å². The number of ether oxygens (including phenoxy) is 1. The molecule has 1 heterocycles. The topological polar surface area (TPSA) is 179 Å². The maximum atomic E-state index is 13.2. The molecule has 2 rings (SSSR count). The summed E-state index contributed by atoms with van der Waals surface area (Å²) < 4.78 is 5.76. The molecule has 0 spiro atoms. The maximum Gasteiger partial charge on any atom is 0.243 e. The monoisotopic (exact) mass is 732 g/mol. The van der Waals surface area contributed by atoms with E-state index in [1.807, 2.05) is 35.8 Å². The summed E-state index contributed by atoms with van der Waals surface area (Å²) in [7, 11) is 6.15. The van der Waals surface area contributed by atoms with Gasteiger partial charge in [0.05, 0.1) is 13.2 Å². The molecule has 52 heavy (non-hydrogen) atoms. The summed E-state index contributed by atoms with van der Waals surface area (Å²) in [6.45, 7) is 16.4. The highest BCUT2D eigenvalue weighted by molar-refractivity contribution is 5.92. The zero-order valence-corrected chi connectivity index (χ0v) is 32.0. The van der Waals surface area contributed by atoms with Crippen molar-refractivity contribution in [3.8, 4) is 5.75 Å². The van der Waals surface area contributed by atoms with Gasteiger partial charge >= 0.3 is 0 Å². The van der Waals surface area contributed by atoms with Gasteiger partial charge in [0.15, 0.2) is 6.29 Å². The first-order valence-corrected chi connectivity index (χ1v) is 18.7. The molecule has 1 aliphatic rings. The van der Waals surface area contributed by atoms with E-state index >= 15 is 0 Å². The Kier molecular flexibility index (Phi) is 21.4. The van der Waals surface area contributed by atoms with Gasteiger partial charge in [-0.3, -0.25) is 33.9 Å². The summed E-state index contributed by atoms with van der Waals surface area (Å²) in [5.74, 6) is -0.490. The van der Waals surface area contributed by atoms with Crippen LogP contribution in [0.15, 0.2) is 18.2 Å². The van der Waals surface area contributed by atoms with Crippen LogP contribution in [0.5, 0.6) is 5.75 Å². The minimum Gasteiger partial charge on any atom is -0.494 e. The SMILES string of the molecule is [CH]N1CCN(CC)CCN(CC(=O)NC(CC)C(=O)NC(CC)C(=O)NCCNC(=O)CCCOc2cc(C)cc(C)c2)CCN(CC(O)O)CC1. The number of carbonyl (C=O) groups excluding carboxylic acids is 4. The number of likely N-dealkylation sites (N-methyl/N-ethyl adjacent to an activating group) is 1. The van der Waals surface area contributed by atoms with Crippen LogP contribution in [0.25, 0.3) is 0 Å². The number of benzene rings is 1. The van der Waals surface area contributed by atoms with Gasteiger partial charge in [-0.1, -0.05) is 26.8 Å². The Morgan fingerprint density at radius 3 is 1.92 bits per heavy atom. The average molecular weight is 733 g/mol.